The number of allylic oxidation sites excluding steroid dienone is 4. The van der Waals surface area contributed by atoms with Crippen molar-refractivity contribution in [3.63, 3.8) is 0 Å². The molecular weight excluding hydrogens is 324 g/mol. The Hall–Kier alpha value is -2.65. The minimum Gasteiger partial charge on any atom is -0.360 e. The predicted octanol–water partition coefficient (Wildman–Crippen LogP) is 6.19. The second kappa shape index (κ2) is 7.08. The zero-order valence-corrected chi connectivity index (χ0v) is 14.8. The average Bonchev–Trinajstić information content (AvgIpc) is 2.66. The molecule has 0 unspecified atom stereocenters. The summed E-state index contributed by atoms with van der Waals surface area (Å²) in [6.45, 7) is 3.76. The van der Waals surface area contributed by atoms with Gasteiger partial charge in [0, 0.05) is 27.4 Å². The number of aryl methyl sites for hydroxylation is 1. The molecule has 2 heterocycles. The van der Waals surface area contributed by atoms with Crippen molar-refractivity contribution in [3.8, 4) is 0 Å². The molecule has 0 spiro atoms. The van der Waals surface area contributed by atoms with Crippen LogP contribution in [0.25, 0.3) is 6.08 Å². The molecule has 2 N–H and O–H groups in total. The summed E-state index contributed by atoms with van der Waals surface area (Å²) in [7, 11) is 0. The van der Waals surface area contributed by atoms with Gasteiger partial charge in [-0.1, -0.05) is 66.9 Å². The van der Waals surface area contributed by atoms with Crippen LogP contribution in [0.5, 0.6) is 0 Å². The van der Waals surface area contributed by atoms with Gasteiger partial charge in [-0.05, 0) is 42.2 Å². The van der Waals surface area contributed by atoms with E-state index in [9.17, 15) is 0 Å². The molecule has 2 aromatic rings. The van der Waals surface area contributed by atoms with E-state index < -0.39 is 0 Å². The molecule has 25 heavy (non-hydrogen) atoms. The molecule has 0 atom stereocenters. The quantitative estimate of drug-likeness (QED) is 0.649. The maximum atomic E-state index is 3.76. The van der Waals surface area contributed by atoms with Gasteiger partial charge in [-0.3, -0.25) is 0 Å². The van der Waals surface area contributed by atoms with E-state index in [-0.39, 0.29) is 0 Å². The molecule has 0 bridgehead atoms. The zero-order chi connectivity index (χ0) is 17.1. The van der Waals surface area contributed by atoms with Crippen molar-refractivity contribution >= 4 is 29.2 Å². The Balaban J connectivity index is 1.58. The first-order valence-corrected chi connectivity index (χ1v) is 9.27. The van der Waals surface area contributed by atoms with Crippen molar-refractivity contribution in [1.29, 1.82) is 0 Å². The molecule has 0 aromatic heterocycles. The van der Waals surface area contributed by atoms with Crippen LogP contribution in [-0.2, 0) is 6.42 Å². The van der Waals surface area contributed by atoms with Crippen LogP contribution in [0, 0.1) is 0 Å². The average molecular weight is 344 g/mol. The van der Waals surface area contributed by atoms with Crippen molar-refractivity contribution in [3.05, 3.63) is 95.2 Å². The second-order valence-electron chi connectivity index (χ2n) is 6.06. The molecule has 0 saturated heterocycles. The standard InChI is InChI=1S/C22H20N2S/c1-2-3-7-17-9-6-11-21-22(17)25-19(15-23-21)14-18-13-12-16-8-4-5-10-20(16)24-18/h2-11,14-15,23-24H,1,12-13H2/b7-3-,18-14+. The first-order valence-electron chi connectivity index (χ1n) is 8.46. The molecule has 0 fully saturated rings. The van der Waals surface area contributed by atoms with E-state index >= 15 is 0 Å². The summed E-state index contributed by atoms with van der Waals surface area (Å²) in [5, 5.41) is 6.99. The van der Waals surface area contributed by atoms with E-state index in [4.69, 9.17) is 0 Å². The predicted molar refractivity (Wildman–Crippen MR) is 110 cm³/mol. The monoisotopic (exact) mass is 344 g/mol. The highest BCUT2D eigenvalue weighted by atomic mass is 32.2. The van der Waals surface area contributed by atoms with E-state index in [0.29, 0.717) is 0 Å². The topological polar surface area (TPSA) is 24.1 Å². The molecule has 2 nitrogen and oxygen atoms in total. The highest BCUT2D eigenvalue weighted by molar-refractivity contribution is 8.03. The molecule has 0 amide bonds. The van der Waals surface area contributed by atoms with Crippen LogP contribution in [0.4, 0.5) is 11.4 Å². The molecule has 3 heteroatoms. The van der Waals surface area contributed by atoms with E-state index in [2.05, 4.69) is 78.0 Å². The number of fused-ring (bicyclic) bond motifs is 2. The van der Waals surface area contributed by atoms with Crippen LogP contribution in [0.3, 0.4) is 0 Å². The normalized spacial score (nSPS) is 17.3. The smallest absolute Gasteiger partial charge is 0.0528 e. The van der Waals surface area contributed by atoms with Gasteiger partial charge in [0.2, 0.25) is 0 Å². The molecular formula is C22H20N2S. The number of rotatable bonds is 3. The fourth-order valence-corrected chi connectivity index (χ4v) is 4.14. The maximum Gasteiger partial charge on any atom is 0.0528 e. The molecule has 0 saturated carbocycles. The van der Waals surface area contributed by atoms with Crippen LogP contribution in [-0.4, -0.2) is 0 Å². The molecule has 2 aromatic carbocycles. The third-order valence-corrected chi connectivity index (χ3v) is 5.47. The van der Waals surface area contributed by atoms with Crippen molar-refractivity contribution in [2.75, 3.05) is 10.6 Å². The summed E-state index contributed by atoms with van der Waals surface area (Å²) in [6, 6.07) is 14.9. The highest BCUT2D eigenvalue weighted by Gasteiger charge is 2.16. The zero-order valence-electron chi connectivity index (χ0n) is 14.0. The van der Waals surface area contributed by atoms with Gasteiger partial charge in [0.05, 0.1) is 5.69 Å². The molecule has 0 radical (unpaired) electrons. The third kappa shape index (κ3) is 3.42. The van der Waals surface area contributed by atoms with Crippen molar-refractivity contribution < 1.29 is 0 Å². The number of nitrogens with one attached hydrogen (secondary N) is 2. The number of anilines is 2. The summed E-state index contributed by atoms with van der Waals surface area (Å²) < 4.78 is 0. The van der Waals surface area contributed by atoms with Crippen LogP contribution < -0.4 is 10.6 Å². The molecule has 124 valence electrons. The Morgan fingerprint density at radius 2 is 1.88 bits per heavy atom. The molecule has 2 aliphatic heterocycles. The summed E-state index contributed by atoms with van der Waals surface area (Å²) in [5.74, 6) is 0. The van der Waals surface area contributed by atoms with Gasteiger partial charge >= 0.3 is 0 Å². The minimum atomic E-state index is 1.04. The number of benzene rings is 2. The second-order valence-corrected chi connectivity index (χ2v) is 7.15. The fraction of sp³-hybridized carbons (Fsp3) is 0.0909. The number of para-hydroxylation sites is 1. The SMILES string of the molecule is C=C/C=C\c1cccc2c1SC(/C=C1\CCc3ccccc3N1)=CN2. The van der Waals surface area contributed by atoms with Crippen molar-refractivity contribution in [2.24, 2.45) is 0 Å². The highest BCUT2D eigenvalue weighted by Crippen LogP contribution is 2.41. The lowest BCUT2D eigenvalue weighted by Gasteiger charge is -2.22. The van der Waals surface area contributed by atoms with Gasteiger partial charge in [0.15, 0.2) is 0 Å². The van der Waals surface area contributed by atoms with Gasteiger partial charge in [-0.2, -0.15) is 0 Å². The number of hydrogen-bond acceptors (Lipinski definition) is 3. The lowest BCUT2D eigenvalue weighted by Crippen LogP contribution is -2.10. The number of hydrogen-bond donors (Lipinski definition) is 2. The van der Waals surface area contributed by atoms with Crippen molar-refractivity contribution in [1.82, 2.24) is 0 Å². The Morgan fingerprint density at radius 3 is 2.80 bits per heavy atom. The van der Waals surface area contributed by atoms with Gasteiger partial charge in [-0.15, -0.1) is 0 Å². The number of thioether (sulfide) groups is 1. The molecule has 2 aliphatic rings. The first-order chi connectivity index (χ1) is 12.3. The van der Waals surface area contributed by atoms with Gasteiger partial charge in [0.25, 0.3) is 0 Å². The van der Waals surface area contributed by atoms with Gasteiger partial charge in [0.1, 0.15) is 0 Å². The molecule has 4 rings (SSSR count). The van der Waals surface area contributed by atoms with Gasteiger partial charge in [-0.25, -0.2) is 0 Å². The summed E-state index contributed by atoms with van der Waals surface area (Å²) in [4.78, 5) is 2.47. The fourth-order valence-electron chi connectivity index (χ4n) is 3.10. The Kier molecular flexibility index (Phi) is 4.49. The van der Waals surface area contributed by atoms with Crippen LogP contribution in [0.2, 0.25) is 0 Å². The Bertz CT molecular complexity index is 906. The van der Waals surface area contributed by atoms with E-state index in [1.165, 1.54) is 32.3 Å². The molecule has 0 aliphatic carbocycles. The maximum absolute atomic E-state index is 3.76. The van der Waals surface area contributed by atoms with Crippen LogP contribution in [0.15, 0.2) is 89.0 Å². The van der Waals surface area contributed by atoms with E-state index in [1.807, 2.05) is 12.2 Å². The van der Waals surface area contributed by atoms with Gasteiger partial charge < -0.3 is 10.6 Å². The van der Waals surface area contributed by atoms with E-state index in [0.717, 1.165) is 18.5 Å². The van der Waals surface area contributed by atoms with Crippen LogP contribution >= 0.6 is 11.8 Å². The first kappa shape index (κ1) is 15.9. The minimum absolute atomic E-state index is 1.04. The lowest BCUT2D eigenvalue weighted by molar-refractivity contribution is 0.914. The van der Waals surface area contributed by atoms with Crippen LogP contribution in [0.1, 0.15) is 17.5 Å². The van der Waals surface area contributed by atoms with E-state index in [1.54, 1.807) is 11.8 Å². The summed E-state index contributed by atoms with van der Waals surface area (Å²) in [6.07, 6.45) is 12.4. The summed E-state index contributed by atoms with van der Waals surface area (Å²) in [5.41, 5.74) is 6.25. The third-order valence-electron chi connectivity index (χ3n) is 4.34. The van der Waals surface area contributed by atoms with Crippen molar-refractivity contribution in [2.45, 2.75) is 17.7 Å². The lowest BCUT2D eigenvalue weighted by atomic mass is 10.0. The Morgan fingerprint density at radius 1 is 1.00 bits per heavy atom. The Labute approximate surface area is 153 Å². The summed E-state index contributed by atoms with van der Waals surface area (Å²) >= 11 is 1.81. The largest absolute Gasteiger partial charge is 0.360 e.